The Morgan fingerprint density at radius 2 is 1.92 bits per heavy atom. The first-order valence-corrected chi connectivity index (χ1v) is 5.17. The van der Waals surface area contributed by atoms with Crippen LogP contribution in [-0.2, 0) is 0 Å². The lowest BCUT2D eigenvalue weighted by Gasteiger charge is -2.23. The number of aliphatic hydroxyl groups excluding tert-OH is 1. The van der Waals surface area contributed by atoms with Crippen molar-refractivity contribution in [2.45, 2.75) is 45.7 Å². The Morgan fingerprint density at radius 3 is 2.31 bits per heavy atom. The maximum absolute atomic E-state index is 8.73. The molecule has 2 atom stereocenters. The van der Waals surface area contributed by atoms with Crippen LogP contribution in [0.2, 0.25) is 0 Å². The second-order valence-corrected chi connectivity index (χ2v) is 4.14. The van der Waals surface area contributed by atoms with Crippen LogP contribution in [0.4, 0.5) is 0 Å². The van der Waals surface area contributed by atoms with Gasteiger partial charge >= 0.3 is 0 Å². The molecule has 3 nitrogen and oxygen atoms in total. The maximum Gasteiger partial charge on any atom is 0.0445 e. The molecule has 0 radical (unpaired) electrons. The first-order valence-electron chi connectivity index (χ1n) is 5.17. The Balaban J connectivity index is 3.69. The molecule has 0 rings (SSSR count). The van der Waals surface area contributed by atoms with Crippen molar-refractivity contribution >= 4 is 0 Å². The summed E-state index contributed by atoms with van der Waals surface area (Å²) in [6.45, 7) is 7.39. The van der Waals surface area contributed by atoms with E-state index >= 15 is 0 Å². The average molecular weight is 188 g/mol. The summed E-state index contributed by atoms with van der Waals surface area (Å²) in [5, 5.41) is 12.1. The van der Waals surface area contributed by atoms with Crippen LogP contribution in [0.15, 0.2) is 0 Å². The molecule has 0 amide bonds. The normalized spacial score (nSPS) is 16.2. The molecule has 0 saturated heterocycles. The van der Waals surface area contributed by atoms with Gasteiger partial charge in [0.1, 0.15) is 0 Å². The van der Waals surface area contributed by atoms with Crippen molar-refractivity contribution in [3.05, 3.63) is 0 Å². The van der Waals surface area contributed by atoms with E-state index in [1.54, 1.807) is 0 Å². The van der Waals surface area contributed by atoms with Crippen molar-refractivity contribution in [1.29, 1.82) is 0 Å². The molecule has 0 aliphatic carbocycles. The van der Waals surface area contributed by atoms with Gasteiger partial charge in [-0.15, -0.1) is 0 Å². The van der Waals surface area contributed by atoms with Crippen LogP contribution in [0.25, 0.3) is 0 Å². The quantitative estimate of drug-likeness (QED) is 0.552. The fourth-order valence-electron chi connectivity index (χ4n) is 1.48. The zero-order valence-electron chi connectivity index (χ0n) is 9.09. The highest BCUT2D eigenvalue weighted by Crippen LogP contribution is 2.05. The molecule has 0 aromatic heterocycles. The summed E-state index contributed by atoms with van der Waals surface area (Å²) in [7, 11) is 0. The third-order valence-corrected chi connectivity index (χ3v) is 2.12. The van der Waals surface area contributed by atoms with E-state index in [-0.39, 0.29) is 6.61 Å². The van der Waals surface area contributed by atoms with Gasteiger partial charge in [-0.05, 0) is 25.7 Å². The van der Waals surface area contributed by atoms with E-state index < -0.39 is 0 Å². The second-order valence-electron chi connectivity index (χ2n) is 4.14. The predicted octanol–water partition coefficient (Wildman–Crippen LogP) is 0.720. The first kappa shape index (κ1) is 12.9. The first-order chi connectivity index (χ1) is 6.10. The monoisotopic (exact) mass is 188 g/mol. The van der Waals surface area contributed by atoms with Gasteiger partial charge in [-0.3, -0.25) is 0 Å². The van der Waals surface area contributed by atoms with Gasteiger partial charge in [0.15, 0.2) is 0 Å². The van der Waals surface area contributed by atoms with E-state index in [1.165, 1.54) is 0 Å². The standard InChI is InChI=1S/C10H24N2O/c1-8(2)6-10(7-11)12-9(3)4-5-13/h8-10,12-13H,4-7,11H2,1-3H3. The fraction of sp³-hybridized carbons (Fsp3) is 1.00. The number of nitrogens with one attached hydrogen (secondary N) is 1. The van der Waals surface area contributed by atoms with E-state index in [0.29, 0.717) is 24.5 Å². The van der Waals surface area contributed by atoms with Crippen LogP contribution < -0.4 is 11.1 Å². The lowest BCUT2D eigenvalue weighted by atomic mass is 10.0. The van der Waals surface area contributed by atoms with E-state index in [2.05, 4.69) is 26.1 Å². The number of hydrogen-bond donors (Lipinski definition) is 3. The highest BCUT2D eigenvalue weighted by molar-refractivity contribution is 4.73. The summed E-state index contributed by atoms with van der Waals surface area (Å²) in [6, 6.07) is 0.749. The molecule has 0 fully saturated rings. The minimum absolute atomic E-state index is 0.243. The van der Waals surface area contributed by atoms with Crippen molar-refractivity contribution in [3.63, 3.8) is 0 Å². The highest BCUT2D eigenvalue weighted by atomic mass is 16.3. The van der Waals surface area contributed by atoms with Gasteiger partial charge in [-0.1, -0.05) is 13.8 Å². The molecule has 0 saturated carbocycles. The molecule has 4 N–H and O–H groups in total. The molecule has 0 aromatic carbocycles. The fourth-order valence-corrected chi connectivity index (χ4v) is 1.48. The molecule has 80 valence electrons. The van der Waals surface area contributed by atoms with Crippen LogP contribution in [0, 0.1) is 5.92 Å². The zero-order valence-corrected chi connectivity index (χ0v) is 9.09. The molecular formula is C10H24N2O. The molecule has 2 unspecified atom stereocenters. The third-order valence-electron chi connectivity index (χ3n) is 2.12. The summed E-state index contributed by atoms with van der Waals surface area (Å²) < 4.78 is 0. The summed E-state index contributed by atoms with van der Waals surface area (Å²) in [5.74, 6) is 0.669. The molecular weight excluding hydrogens is 164 g/mol. The number of aliphatic hydroxyl groups is 1. The molecule has 0 aliphatic heterocycles. The molecule has 3 heteroatoms. The van der Waals surface area contributed by atoms with Gasteiger partial charge in [0.05, 0.1) is 0 Å². The van der Waals surface area contributed by atoms with Gasteiger partial charge in [0.25, 0.3) is 0 Å². The average Bonchev–Trinajstić information content (AvgIpc) is 2.02. The van der Waals surface area contributed by atoms with Crippen LogP contribution >= 0.6 is 0 Å². The number of rotatable bonds is 7. The van der Waals surface area contributed by atoms with E-state index in [4.69, 9.17) is 10.8 Å². The van der Waals surface area contributed by atoms with Gasteiger partial charge < -0.3 is 16.2 Å². The van der Waals surface area contributed by atoms with E-state index in [1.807, 2.05) is 0 Å². The SMILES string of the molecule is CC(C)CC(CN)NC(C)CCO. The van der Waals surface area contributed by atoms with Crippen LogP contribution in [0.3, 0.4) is 0 Å². The van der Waals surface area contributed by atoms with Crippen LogP contribution in [0.1, 0.15) is 33.6 Å². The summed E-state index contributed by atoms with van der Waals surface area (Å²) in [6.07, 6.45) is 1.90. The largest absolute Gasteiger partial charge is 0.396 e. The Bertz CT molecular complexity index is 117. The van der Waals surface area contributed by atoms with Gasteiger partial charge in [0.2, 0.25) is 0 Å². The highest BCUT2D eigenvalue weighted by Gasteiger charge is 2.11. The van der Waals surface area contributed by atoms with Crippen molar-refractivity contribution in [1.82, 2.24) is 5.32 Å². The van der Waals surface area contributed by atoms with E-state index in [0.717, 1.165) is 12.8 Å². The topological polar surface area (TPSA) is 58.3 Å². The maximum atomic E-state index is 8.73. The summed E-state index contributed by atoms with van der Waals surface area (Å²) in [5.41, 5.74) is 5.64. The van der Waals surface area contributed by atoms with Gasteiger partial charge in [0, 0.05) is 25.2 Å². The zero-order chi connectivity index (χ0) is 10.3. The second kappa shape index (κ2) is 7.30. The molecule has 0 aliphatic rings. The van der Waals surface area contributed by atoms with Crippen LogP contribution in [0.5, 0.6) is 0 Å². The predicted molar refractivity (Wildman–Crippen MR) is 56.6 cm³/mol. The van der Waals surface area contributed by atoms with Gasteiger partial charge in [-0.25, -0.2) is 0 Å². The minimum atomic E-state index is 0.243. The van der Waals surface area contributed by atoms with E-state index in [9.17, 15) is 0 Å². The summed E-state index contributed by atoms with van der Waals surface area (Å²) >= 11 is 0. The lowest BCUT2D eigenvalue weighted by molar-refractivity contribution is 0.259. The Kier molecular flexibility index (Phi) is 7.23. The molecule has 0 bridgehead atoms. The molecule has 0 aromatic rings. The van der Waals surface area contributed by atoms with Crippen molar-refractivity contribution < 1.29 is 5.11 Å². The Morgan fingerprint density at radius 1 is 1.31 bits per heavy atom. The molecule has 0 spiro atoms. The summed E-state index contributed by atoms with van der Waals surface area (Å²) in [4.78, 5) is 0. The third kappa shape index (κ3) is 6.99. The smallest absolute Gasteiger partial charge is 0.0445 e. The molecule has 0 heterocycles. The Hall–Kier alpha value is -0.120. The molecule has 13 heavy (non-hydrogen) atoms. The van der Waals surface area contributed by atoms with Crippen molar-refractivity contribution in [2.24, 2.45) is 11.7 Å². The van der Waals surface area contributed by atoms with Gasteiger partial charge in [-0.2, -0.15) is 0 Å². The van der Waals surface area contributed by atoms with Crippen molar-refractivity contribution in [2.75, 3.05) is 13.2 Å². The minimum Gasteiger partial charge on any atom is -0.396 e. The lowest BCUT2D eigenvalue weighted by Crippen LogP contribution is -2.42. The number of nitrogens with two attached hydrogens (primary N) is 1. The van der Waals surface area contributed by atoms with Crippen molar-refractivity contribution in [3.8, 4) is 0 Å². The Labute approximate surface area is 81.7 Å². The van der Waals surface area contributed by atoms with Crippen LogP contribution in [-0.4, -0.2) is 30.3 Å². The number of hydrogen-bond acceptors (Lipinski definition) is 3.